The summed E-state index contributed by atoms with van der Waals surface area (Å²) in [6, 6.07) is 11.3. The van der Waals surface area contributed by atoms with Crippen molar-refractivity contribution in [3.05, 3.63) is 65.0 Å². The molecule has 0 saturated carbocycles. The van der Waals surface area contributed by atoms with Crippen LogP contribution in [-0.4, -0.2) is 11.7 Å². The summed E-state index contributed by atoms with van der Waals surface area (Å²) in [7, 11) is 0. The minimum atomic E-state index is -0.389. The minimum Gasteiger partial charge on any atom is -0.326 e. The third-order valence-corrected chi connectivity index (χ3v) is 3.80. The van der Waals surface area contributed by atoms with Crippen molar-refractivity contribution in [3.63, 3.8) is 0 Å². The number of amides is 1. The zero-order valence-electron chi connectivity index (χ0n) is 14.1. The Bertz CT molecular complexity index is 740. The SMILES string of the molecule is CCCC(=O)c1ccc(CC(=O)Nc2cccc(F)c2)cc1CC. The predicted molar refractivity (Wildman–Crippen MR) is 93.8 cm³/mol. The maximum atomic E-state index is 13.1. The van der Waals surface area contributed by atoms with Gasteiger partial charge in [-0.1, -0.05) is 38.1 Å². The standard InChI is InChI=1S/C20H22FNO2/c1-3-6-19(23)18-10-9-14(11-15(18)4-2)12-20(24)22-17-8-5-7-16(21)13-17/h5,7-11,13H,3-4,6,12H2,1-2H3,(H,22,24). The van der Waals surface area contributed by atoms with Crippen molar-refractivity contribution in [2.24, 2.45) is 0 Å². The highest BCUT2D eigenvalue weighted by Gasteiger charge is 2.12. The summed E-state index contributed by atoms with van der Waals surface area (Å²) in [5, 5.41) is 2.68. The van der Waals surface area contributed by atoms with Gasteiger partial charge in [0.25, 0.3) is 0 Å². The Morgan fingerprint density at radius 2 is 1.88 bits per heavy atom. The summed E-state index contributed by atoms with van der Waals surface area (Å²) in [5.41, 5.74) is 2.98. The first kappa shape index (κ1) is 17.9. The average Bonchev–Trinajstić information content (AvgIpc) is 2.54. The molecule has 3 nitrogen and oxygen atoms in total. The molecule has 1 N–H and O–H groups in total. The second-order valence-corrected chi connectivity index (χ2v) is 5.75. The maximum Gasteiger partial charge on any atom is 0.228 e. The lowest BCUT2D eigenvalue weighted by Gasteiger charge is -2.10. The number of carbonyl (C=O) groups excluding carboxylic acids is 2. The molecular formula is C20H22FNO2. The van der Waals surface area contributed by atoms with E-state index in [9.17, 15) is 14.0 Å². The summed E-state index contributed by atoms with van der Waals surface area (Å²) in [4.78, 5) is 24.2. The van der Waals surface area contributed by atoms with Gasteiger partial charge in [0.15, 0.2) is 5.78 Å². The molecule has 2 rings (SSSR count). The lowest BCUT2D eigenvalue weighted by molar-refractivity contribution is -0.115. The molecule has 0 fully saturated rings. The van der Waals surface area contributed by atoms with Gasteiger partial charge in [-0.25, -0.2) is 4.39 Å². The van der Waals surface area contributed by atoms with Crippen molar-refractivity contribution in [1.29, 1.82) is 0 Å². The number of anilines is 1. The quantitative estimate of drug-likeness (QED) is 0.758. The van der Waals surface area contributed by atoms with E-state index < -0.39 is 0 Å². The third kappa shape index (κ3) is 4.75. The van der Waals surface area contributed by atoms with Crippen LogP contribution in [-0.2, 0) is 17.6 Å². The minimum absolute atomic E-state index is 0.144. The van der Waals surface area contributed by atoms with Crippen LogP contribution in [0, 0.1) is 5.82 Å². The van der Waals surface area contributed by atoms with E-state index in [4.69, 9.17) is 0 Å². The maximum absolute atomic E-state index is 13.1. The highest BCUT2D eigenvalue weighted by atomic mass is 19.1. The number of carbonyl (C=O) groups is 2. The van der Waals surface area contributed by atoms with Gasteiger partial charge >= 0.3 is 0 Å². The average molecular weight is 327 g/mol. The van der Waals surface area contributed by atoms with E-state index >= 15 is 0 Å². The molecule has 4 heteroatoms. The van der Waals surface area contributed by atoms with Gasteiger partial charge in [0, 0.05) is 17.7 Å². The van der Waals surface area contributed by atoms with Crippen LogP contribution in [0.25, 0.3) is 0 Å². The molecule has 0 radical (unpaired) electrons. The molecule has 0 aliphatic heterocycles. The number of hydrogen-bond acceptors (Lipinski definition) is 2. The smallest absolute Gasteiger partial charge is 0.228 e. The van der Waals surface area contributed by atoms with Gasteiger partial charge in [0.05, 0.1) is 6.42 Å². The molecule has 0 bridgehead atoms. The van der Waals surface area contributed by atoms with Crippen LogP contribution >= 0.6 is 0 Å². The molecule has 2 aromatic carbocycles. The van der Waals surface area contributed by atoms with Crippen LogP contribution in [0.3, 0.4) is 0 Å². The fourth-order valence-electron chi connectivity index (χ4n) is 2.64. The number of hydrogen-bond donors (Lipinski definition) is 1. The Morgan fingerprint density at radius 1 is 1.08 bits per heavy atom. The molecule has 0 atom stereocenters. The van der Waals surface area contributed by atoms with E-state index in [1.807, 2.05) is 32.0 Å². The summed E-state index contributed by atoms with van der Waals surface area (Å²) >= 11 is 0. The molecular weight excluding hydrogens is 305 g/mol. The lowest BCUT2D eigenvalue weighted by atomic mass is 9.96. The number of nitrogens with one attached hydrogen (secondary N) is 1. The zero-order valence-corrected chi connectivity index (χ0v) is 14.1. The Morgan fingerprint density at radius 3 is 2.54 bits per heavy atom. The number of Topliss-reactive ketones (excluding diaryl/α,β-unsaturated/α-hetero) is 1. The van der Waals surface area contributed by atoms with E-state index in [-0.39, 0.29) is 23.9 Å². The van der Waals surface area contributed by atoms with Crippen molar-refractivity contribution in [1.82, 2.24) is 0 Å². The van der Waals surface area contributed by atoms with Crippen LogP contribution in [0.1, 0.15) is 48.2 Å². The van der Waals surface area contributed by atoms with Crippen LogP contribution in [0.5, 0.6) is 0 Å². The molecule has 0 aromatic heterocycles. The largest absolute Gasteiger partial charge is 0.326 e. The molecule has 2 aromatic rings. The van der Waals surface area contributed by atoms with Gasteiger partial charge < -0.3 is 5.32 Å². The Labute approximate surface area is 141 Å². The number of aryl methyl sites for hydroxylation is 1. The molecule has 0 saturated heterocycles. The van der Waals surface area contributed by atoms with Gasteiger partial charge in [-0.3, -0.25) is 9.59 Å². The second-order valence-electron chi connectivity index (χ2n) is 5.75. The van der Waals surface area contributed by atoms with Crippen LogP contribution in [0.15, 0.2) is 42.5 Å². The first-order valence-corrected chi connectivity index (χ1v) is 8.24. The number of ketones is 1. The van der Waals surface area contributed by atoms with E-state index in [0.29, 0.717) is 12.1 Å². The second kappa shape index (κ2) is 8.39. The molecule has 126 valence electrons. The van der Waals surface area contributed by atoms with E-state index in [1.165, 1.54) is 12.1 Å². The van der Waals surface area contributed by atoms with Crippen LogP contribution < -0.4 is 5.32 Å². The Kier molecular flexibility index (Phi) is 6.24. The fourth-order valence-corrected chi connectivity index (χ4v) is 2.64. The molecule has 0 aliphatic carbocycles. The van der Waals surface area contributed by atoms with Crippen molar-refractivity contribution in [2.45, 2.75) is 39.5 Å². The molecule has 0 aliphatic rings. The third-order valence-electron chi connectivity index (χ3n) is 3.80. The molecule has 0 spiro atoms. The van der Waals surface area contributed by atoms with E-state index in [1.54, 1.807) is 12.1 Å². The van der Waals surface area contributed by atoms with E-state index in [2.05, 4.69) is 5.32 Å². The number of rotatable bonds is 7. The summed E-state index contributed by atoms with van der Waals surface area (Å²) < 4.78 is 13.1. The predicted octanol–water partition coefficient (Wildman–Crippen LogP) is 4.55. The van der Waals surface area contributed by atoms with Crippen LogP contribution in [0.2, 0.25) is 0 Å². The fraction of sp³-hybridized carbons (Fsp3) is 0.300. The van der Waals surface area contributed by atoms with Gasteiger partial charge in [-0.15, -0.1) is 0 Å². The van der Waals surface area contributed by atoms with Crippen LogP contribution in [0.4, 0.5) is 10.1 Å². The van der Waals surface area contributed by atoms with Crippen molar-refractivity contribution >= 4 is 17.4 Å². The normalized spacial score (nSPS) is 10.5. The number of halogens is 1. The van der Waals surface area contributed by atoms with Crippen molar-refractivity contribution in [2.75, 3.05) is 5.32 Å². The highest BCUT2D eigenvalue weighted by molar-refractivity contribution is 5.98. The van der Waals surface area contributed by atoms with Crippen molar-refractivity contribution < 1.29 is 14.0 Å². The van der Waals surface area contributed by atoms with Gasteiger partial charge in [0.2, 0.25) is 5.91 Å². The summed E-state index contributed by atoms with van der Waals surface area (Å²) in [6.45, 7) is 3.98. The number of benzene rings is 2. The molecule has 24 heavy (non-hydrogen) atoms. The molecule has 0 unspecified atom stereocenters. The summed E-state index contributed by atoms with van der Waals surface area (Å²) in [5.74, 6) is -0.458. The molecule has 1 amide bonds. The summed E-state index contributed by atoms with van der Waals surface area (Å²) in [6.07, 6.45) is 2.28. The van der Waals surface area contributed by atoms with Crippen molar-refractivity contribution in [3.8, 4) is 0 Å². The first-order chi connectivity index (χ1) is 11.5. The van der Waals surface area contributed by atoms with Gasteiger partial charge in [-0.2, -0.15) is 0 Å². The highest BCUT2D eigenvalue weighted by Crippen LogP contribution is 2.17. The lowest BCUT2D eigenvalue weighted by Crippen LogP contribution is -2.15. The Balaban J connectivity index is 2.09. The molecule has 0 heterocycles. The zero-order chi connectivity index (χ0) is 17.5. The van der Waals surface area contributed by atoms with E-state index in [0.717, 1.165) is 29.5 Å². The Hall–Kier alpha value is -2.49. The first-order valence-electron chi connectivity index (χ1n) is 8.24. The van der Waals surface area contributed by atoms with Gasteiger partial charge in [0.1, 0.15) is 5.82 Å². The topological polar surface area (TPSA) is 46.2 Å². The monoisotopic (exact) mass is 327 g/mol. The van der Waals surface area contributed by atoms with Gasteiger partial charge in [-0.05, 0) is 42.2 Å².